The second-order valence-electron chi connectivity index (χ2n) is 4.80. The molecule has 0 spiro atoms. The molecule has 5 nitrogen and oxygen atoms in total. The van der Waals surface area contributed by atoms with Crippen LogP contribution < -0.4 is 10.6 Å². The molecule has 6 heteroatoms. The maximum absolute atomic E-state index is 12.0. The van der Waals surface area contributed by atoms with Gasteiger partial charge in [0, 0.05) is 31.3 Å². The lowest BCUT2D eigenvalue weighted by Gasteiger charge is -2.22. The van der Waals surface area contributed by atoms with E-state index in [2.05, 4.69) is 26.6 Å². The Labute approximate surface area is 115 Å². The molecule has 1 aromatic heterocycles. The van der Waals surface area contributed by atoms with Gasteiger partial charge >= 0.3 is 0 Å². The third-order valence-corrected chi connectivity index (χ3v) is 3.17. The molecule has 18 heavy (non-hydrogen) atoms. The van der Waals surface area contributed by atoms with Crippen molar-refractivity contribution in [2.45, 2.75) is 13.8 Å². The lowest BCUT2D eigenvalue weighted by molar-refractivity contribution is -0.128. The molecule has 0 bridgehead atoms. The van der Waals surface area contributed by atoms with Crippen molar-refractivity contribution >= 4 is 27.7 Å². The summed E-state index contributed by atoms with van der Waals surface area (Å²) in [6.07, 6.45) is 1.80. The van der Waals surface area contributed by atoms with Crippen LogP contribution in [0.3, 0.4) is 0 Å². The summed E-state index contributed by atoms with van der Waals surface area (Å²) in [7, 11) is 3.38. The lowest BCUT2D eigenvalue weighted by Crippen LogP contribution is -2.44. The first-order valence-corrected chi connectivity index (χ1v) is 6.39. The Kier molecular flexibility index (Phi) is 4.56. The molecule has 0 aromatic carbocycles. The minimum absolute atomic E-state index is 0.101. The number of nitrogens with zero attached hydrogens (tertiary/aromatic N) is 1. The average molecular weight is 316 g/mol. The number of aryl methyl sites for hydroxylation is 1. The second-order valence-corrected chi connectivity index (χ2v) is 5.72. The fourth-order valence-corrected chi connectivity index (χ4v) is 2.08. The molecule has 1 heterocycles. The van der Waals surface area contributed by atoms with Crippen LogP contribution in [0.25, 0.3) is 0 Å². The molecule has 0 atom stereocenters. The molecule has 0 aliphatic heterocycles. The highest BCUT2D eigenvalue weighted by Gasteiger charge is 2.27. The zero-order chi connectivity index (χ0) is 13.9. The van der Waals surface area contributed by atoms with E-state index >= 15 is 0 Å². The van der Waals surface area contributed by atoms with Gasteiger partial charge in [-0.3, -0.25) is 9.59 Å². The van der Waals surface area contributed by atoms with Crippen LogP contribution in [0.2, 0.25) is 0 Å². The Morgan fingerprint density at radius 2 is 2.06 bits per heavy atom. The molecule has 0 aliphatic rings. The van der Waals surface area contributed by atoms with Crippen molar-refractivity contribution in [3.8, 4) is 0 Å². The van der Waals surface area contributed by atoms with Crippen LogP contribution in [-0.2, 0) is 11.8 Å². The first-order chi connectivity index (χ1) is 8.27. The largest absolute Gasteiger partial charge is 0.359 e. The van der Waals surface area contributed by atoms with E-state index in [0.717, 1.165) is 4.47 Å². The van der Waals surface area contributed by atoms with Crippen LogP contribution in [-0.4, -0.2) is 30.0 Å². The highest BCUT2D eigenvalue weighted by Crippen LogP contribution is 2.16. The predicted octanol–water partition coefficient (Wildman–Crippen LogP) is 1.29. The van der Waals surface area contributed by atoms with Gasteiger partial charge in [0.25, 0.3) is 5.91 Å². The monoisotopic (exact) mass is 315 g/mol. The topological polar surface area (TPSA) is 63.1 Å². The van der Waals surface area contributed by atoms with Gasteiger partial charge in [0.1, 0.15) is 5.69 Å². The number of halogens is 1. The average Bonchev–Trinajstić information content (AvgIpc) is 2.64. The van der Waals surface area contributed by atoms with Gasteiger partial charge in [-0.05, 0) is 35.8 Å². The van der Waals surface area contributed by atoms with Crippen LogP contribution >= 0.6 is 15.9 Å². The number of carbonyl (C=O) groups is 2. The quantitative estimate of drug-likeness (QED) is 0.879. The lowest BCUT2D eigenvalue weighted by atomic mass is 9.92. The summed E-state index contributed by atoms with van der Waals surface area (Å²) in [5.74, 6) is -0.295. The number of hydrogen-bond acceptors (Lipinski definition) is 2. The van der Waals surface area contributed by atoms with Crippen molar-refractivity contribution in [1.82, 2.24) is 15.2 Å². The molecule has 100 valence electrons. The number of carbonyl (C=O) groups excluding carboxylic acids is 2. The Bertz CT molecular complexity index is 466. The van der Waals surface area contributed by atoms with Crippen LogP contribution in [0.15, 0.2) is 16.7 Å². The van der Waals surface area contributed by atoms with E-state index in [9.17, 15) is 9.59 Å². The van der Waals surface area contributed by atoms with Crippen molar-refractivity contribution in [2.24, 2.45) is 12.5 Å². The van der Waals surface area contributed by atoms with Crippen molar-refractivity contribution in [3.63, 3.8) is 0 Å². The zero-order valence-electron chi connectivity index (χ0n) is 11.0. The fraction of sp³-hybridized carbons (Fsp3) is 0.500. The maximum atomic E-state index is 12.0. The van der Waals surface area contributed by atoms with E-state index in [0.29, 0.717) is 5.69 Å². The molecule has 0 saturated heterocycles. The maximum Gasteiger partial charge on any atom is 0.267 e. The Morgan fingerprint density at radius 3 is 2.50 bits per heavy atom. The third kappa shape index (κ3) is 3.35. The van der Waals surface area contributed by atoms with Crippen molar-refractivity contribution in [1.29, 1.82) is 0 Å². The molecule has 0 fully saturated rings. The molecular weight excluding hydrogens is 298 g/mol. The van der Waals surface area contributed by atoms with Crippen molar-refractivity contribution in [2.75, 3.05) is 13.6 Å². The summed E-state index contributed by atoms with van der Waals surface area (Å²) in [6, 6.07) is 1.74. The Morgan fingerprint density at radius 1 is 1.44 bits per heavy atom. The third-order valence-electron chi connectivity index (χ3n) is 2.74. The molecule has 0 radical (unpaired) electrons. The fourth-order valence-electron chi connectivity index (χ4n) is 1.56. The van der Waals surface area contributed by atoms with Gasteiger partial charge in [-0.1, -0.05) is 0 Å². The summed E-state index contributed by atoms with van der Waals surface area (Å²) >= 11 is 3.31. The van der Waals surface area contributed by atoms with Crippen LogP contribution in [0, 0.1) is 5.41 Å². The molecule has 2 N–H and O–H groups in total. The molecule has 1 rings (SSSR count). The van der Waals surface area contributed by atoms with E-state index in [4.69, 9.17) is 0 Å². The summed E-state index contributed by atoms with van der Waals surface area (Å²) in [4.78, 5) is 23.5. The first kappa shape index (κ1) is 14.8. The van der Waals surface area contributed by atoms with Crippen molar-refractivity contribution in [3.05, 3.63) is 22.4 Å². The molecule has 0 unspecified atom stereocenters. The van der Waals surface area contributed by atoms with Gasteiger partial charge in [-0.25, -0.2) is 0 Å². The van der Waals surface area contributed by atoms with E-state index in [1.165, 1.54) is 0 Å². The predicted molar refractivity (Wildman–Crippen MR) is 73.3 cm³/mol. The minimum atomic E-state index is -0.632. The van der Waals surface area contributed by atoms with Gasteiger partial charge in [0.2, 0.25) is 5.91 Å². The minimum Gasteiger partial charge on any atom is -0.359 e. The highest BCUT2D eigenvalue weighted by molar-refractivity contribution is 9.10. The van der Waals surface area contributed by atoms with Crippen LogP contribution in [0.5, 0.6) is 0 Å². The van der Waals surface area contributed by atoms with E-state index in [1.807, 2.05) is 0 Å². The number of hydrogen-bond donors (Lipinski definition) is 2. The summed E-state index contributed by atoms with van der Waals surface area (Å²) < 4.78 is 2.58. The zero-order valence-corrected chi connectivity index (χ0v) is 12.6. The Balaban J connectivity index is 2.67. The van der Waals surface area contributed by atoms with E-state index < -0.39 is 5.41 Å². The molecule has 0 aliphatic carbocycles. The van der Waals surface area contributed by atoms with Gasteiger partial charge in [-0.2, -0.15) is 0 Å². The molecule has 0 saturated carbocycles. The summed E-state index contributed by atoms with van der Waals surface area (Å²) in [5, 5.41) is 5.35. The Hall–Kier alpha value is -1.30. The normalized spacial score (nSPS) is 11.2. The highest BCUT2D eigenvalue weighted by atomic mass is 79.9. The van der Waals surface area contributed by atoms with Crippen LogP contribution in [0.4, 0.5) is 0 Å². The standard InChI is InChI=1S/C12H18BrN3O2/c1-12(2,11(18)14-3)7-15-10(17)9-5-8(13)6-16(9)4/h5-6H,7H2,1-4H3,(H,14,18)(H,15,17). The van der Waals surface area contributed by atoms with Crippen LogP contribution in [0.1, 0.15) is 24.3 Å². The van der Waals surface area contributed by atoms with Crippen molar-refractivity contribution < 1.29 is 9.59 Å². The summed E-state index contributed by atoms with van der Waals surface area (Å²) in [5.41, 5.74) is -0.0816. The van der Waals surface area contributed by atoms with E-state index in [1.54, 1.807) is 44.8 Å². The van der Waals surface area contributed by atoms with Gasteiger partial charge < -0.3 is 15.2 Å². The SMILES string of the molecule is CNC(=O)C(C)(C)CNC(=O)c1cc(Br)cn1C. The molecular formula is C12H18BrN3O2. The first-order valence-electron chi connectivity index (χ1n) is 5.60. The van der Waals surface area contributed by atoms with Gasteiger partial charge in [0.05, 0.1) is 5.41 Å². The smallest absolute Gasteiger partial charge is 0.267 e. The van der Waals surface area contributed by atoms with Gasteiger partial charge in [-0.15, -0.1) is 0 Å². The molecule has 1 aromatic rings. The number of nitrogens with one attached hydrogen (secondary N) is 2. The number of rotatable bonds is 4. The second kappa shape index (κ2) is 5.56. The molecule has 2 amide bonds. The van der Waals surface area contributed by atoms with Gasteiger partial charge in [0.15, 0.2) is 0 Å². The summed E-state index contributed by atoms with van der Waals surface area (Å²) in [6.45, 7) is 3.86. The number of aromatic nitrogens is 1. The van der Waals surface area contributed by atoms with E-state index in [-0.39, 0.29) is 18.4 Å². The number of amides is 2.